The van der Waals surface area contributed by atoms with Crippen LogP contribution in [0.25, 0.3) is 0 Å². The Balaban J connectivity index is 2.94. The van der Waals surface area contributed by atoms with Crippen LogP contribution >= 0.6 is 0 Å². The Hall–Kier alpha value is -0.270. The Morgan fingerprint density at radius 2 is 2.18 bits per heavy atom. The molecule has 0 aromatic carbocycles. The van der Waals surface area contributed by atoms with Gasteiger partial charge in [0, 0.05) is 13.0 Å². The average molecular weight is 264 g/mol. The molecule has 1 aliphatic rings. The van der Waals surface area contributed by atoms with E-state index in [9.17, 15) is 9.32 Å². The van der Waals surface area contributed by atoms with Gasteiger partial charge >= 0.3 is 11.4 Å². The van der Waals surface area contributed by atoms with Gasteiger partial charge in [0.25, 0.3) is 0 Å². The summed E-state index contributed by atoms with van der Waals surface area (Å²) in [5.74, 6) is -0.135. The van der Waals surface area contributed by atoms with Crippen LogP contribution in [0.4, 0.5) is 0 Å². The van der Waals surface area contributed by atoms with Crippen molar-refractivity contribution in [1.82, 2.24) is 0 Å². The quantitative estimate of drug-likeness (QED) is 0.590. The second-order valence-corrected chi connectivity index (χ2v) is 5.36. The molecule has 0 saturated heterocycles. The zero-order valence-corrected chi connectivity index (χ0v) is 11.2. The SMILES string of the molecule is C=C(C)C1CCC(C)(OC)C(O)C1OS(=O)O. The fourth-order valence-corrected chi connectivity index (χ4v) is 2.72. The van der Waals surface area contributed by atoms with Gasteiger partial charge in [0.15, 0.2) is 0 Å². The van der Waals surface area contributed by atoms with E-state index in [0.717, 1.165) is 5.57 Å². The molecule has 0 aromatic rings. The monoisotopic (exact) mass is 264 g/mol. The number of hydrogen-bond donors (Lipinski definition) is 2. The number of ether oxygens (including phenoxy) is 1. The number of aliphatic hydroxyl groups is 1. The van der Waals surface area contributed by atoms with Gasteiger partial charge in [-0.3, -0.25) is 8.74 Å². The second-order valence-electron chi connectivity index (χ2n) is 4.73. The van der Waals surface area contributed by atoms with E-state index in [4.69, 9.17) is 13.5 Å². The van der Waals surface area contributed by atoms with Crippen LogP contribution in [-0.2, 0) is 20.3 Å². The minimum Gasteiger partial charge on any atom is -0.387 e. The van der Waals surface area contributed by atoms with E-state index in [1.54, 1.807) is 6.92 Å². The predicted molar refractivity (Wildman–Crippen MR) is 64.6 cm³/mol. The van der Waals surface area contributed by atoms with Gasteiger partial charge in [-0.2, -0.15) is 4.21 Å². The summed E-state index contributed by atoms with van der Waals surface area (Å²) in [6.07, 6.45) is -0.366. The van der Waals surface area contributed by atoms with Crippen LogP contribution in [0.3, 0.4) is 0 Å². The molecule has 0 aliphatic heterocycles. The summed E-state index contributed by atoms with van der Waals surface area (Å²) in [7, 11) is 1.51. The first-order valence-electron chi connectivity index (χ1n) is 5.48. The first-order valence-corrected chi connectivity index (χ1v) is 6.51. The summed E-state index contributed by atoms with van der Waals surface area (Å²) in [5, 5.41) is 10.2. The molecule has 0 spiro atoms. The minimum absolute atomic E-state index is 0.135. The van der Waals surface area contributed by atoms with Gasteiger partial charge in [0.05, 0.1) is 5.60 Å². The summed E-state index contributed by atoms with van der Waals surface area (Å²) in [4.78, 5) is 0. The van der Waals surface area contributed by atoms with Crippen molar-refractivity contribution in [3.63, 3.8) is 0 Å². The summed E-state index contributed by atoms with van der Waals surface area (Å²) in [6, 6.07) is 0. The molecular weight excluding hydrogens is 244 g/mol. The van der Waals surface area contributed by atoms with E-state index in [1.165, 1.54) is 7.11 Å². The van der Waals surface area contributed by atoms with Gasteiger partial charge in [0.2, 0.25) is 0 Å². The van der Waals surface area contributed by atoms with E-state index in [-0.39, 0.29) is 5.92 Å². The maximum Gasteiger partial charge on any atom is 0.302 e. The number of methoxy groups -OCH3 is 1. The molecule has 5 atom stereocenters. The van der Waals surface area contributed by atoms with Crippen LogP contribution in [0.2, 0.25) is 0 Å². The number of aliphatic hydroxyl groups excluding tert-OH is 1. The number of hydrogen-bond acceptors (Lipinski definition) is 4. The molecule has 1 saturated carbocycles. The van der Waals surface area contributed by atoms with Crippen molar-refractivity contribution in [3.05, 3.63) is 12.2 Å². The maximum atomic E-state index is 10.8. The third kappa shape index (κ3) is 3.14. The van der Waals surface area contributed by atoms with Crippen molar-refractivity contribution >= 4 is 11.4 Å². The summed E-state index contributed by atoms with van der Waals surface area (Å²) >= 11 is -2.41. The van der Waals surface area contributed by atoms with Crippen molar-refractivity contribution in [2.24, 2.45) is 5.92 Å². The Bertz CT molecular complexity index is 319. The predicted octanol–water partition coefficient (Wildman–Crippen LogP) is 1.26. The van der Waals surface area contributed by atoms with Gasteiger partial charge in [-0.15, -0.1) is 0 Å². The molecular formula is C11H20O5S. The van der Waals surface area contributed by atoms with Crippen molar-refractivity contribution in [2.45, 2.75) is 44.5 Å². The second kappa shape index (κ2) is 5.58. The Kier molecular flexibility index (Phi) is 4.86. The first kappa shape index (κ1) is 14.8. The molecule has 6 heteroatoms. The zero-order valence-electron chi connectivity index (χ0n) is 10.4. The van der Waals surface area contributed by atoms with Crippen molar-refractivity contribution in [2.75, 3.05) is 7.11 Å². The van der Waals surface area contributed by atoms with Gasteiger partial charge in [-0.25, -0.2) is 0 Å². The van der Waals surface area contributed by atoms with Crippen LogP contribution in [0.15, 0.2) is 12.2 Å². The third-order valence-corrected chi connectivity index (χ3v) is 3.96. The van der Waals surface area contributed by atoms with E-state index in [1.807, 2.05) is 6.92 Å². The smallest absolute Gasteiger partial charge is 0.302 e. The van der Waals surface area contributed by atoms with Crippen LogP contribution in [0.5, 0.6) is 0 Å². The summed E-state index contributed by atoms with van der Waals surface area (Å²) in [5.41, 5.74) is 0.0772. The highest BCUT2D eigenvalue weighted by Gasteiger charge is 2.48. The summed E-state index contributed by atoms with van der Waals surface area (Å²) in [6.45, 7) is 7.42. The van der Waals surface area contributed by atoms with E-state index >= 15 is 0 Å². The topological polar surface area (TPSA) is 76.0 Å². The molecule has 5 unspecified atom stereocenters. The fourth-order valence-electron chi connectivity index (χ4n) is 2.29. The largest absolute Gasteiger partial charge is 0.387 e. The molecule has 0 radical (unpaired) electrons. The van der Waals surface area contributed by atoms with Gasteiger partial charge < -0.3 is 9.84 Å². The Labute approximate surface area is 104 Å². The molecule has 100 valence electrons. The Morgan fingerprint density at radius 3 is 2.59 bits per heavy atom. The van der Waals surface area contributed by atoms with E-state index in [2.05, 4.69) is 6.58 Å². The first-order chi connectivity index (χ1) is 7.81. The molecule has 2 N–H and O–H groups in total. The molecule has 1 aliphatic carbocycles. The lowest BCUT2D eigenvalue weighted by molar-refractivity contribution is -0.162. The molecule has 1 rings (SSSR count). The highest BCUT2D eigenvalue weighted by Crippen LogP contribution is 2.39. The molecule has 17 heavy (non-hydrogen) atoms. The van der Waals surface area contributed by atoms with Crippen molar-refractivity contribution in [3.8, 4) is 0 Å². The van der Waals surface area contributed by atoms with Crippen LogP contribution < -0.4 is 0 Å². The zero-order chi connectivity index (χ0) is 13.2. The lowest BCUT2D eigenvalue weighted by Gasteiger charge is -2.45. The number of rotatable bonds is 4. The molecule has 0 aromatic heterocycles. The third-order valence-electron chi connectivity index (χ3n) is 3.58. The van der Waals surface area contributed by atoms with Crippen LogP contribution in [0.1, 0.15) is 26.7 Å². The van der Waals surface area contributed by atoms with Crippen molar-refractivity contribution in [1.29, 1.82) is 0 Å². The molecule has 0 bridgehead atoms. The minimum atomic E-state index is -2.41. The average Bonchev–Trinajstić information content (AvgIpc) is 2.24. The molecule has 1 fully saturated rings. The molecule has 5 nitrogen and oxygen atoms in total. The van der Waals surface area contributed by atoms with E-state index in [0.29, 0.717) is 12.8 Å². The normalized spacial score (nSPS) is 39.9. The van der Waals surface area contributed by atoms with Crippen LogP contribution in [-0.4, -0.2) is 38.8 Å². The molecule has 0 heterocycles. The van der Waals surface area contributed by atoms with Gasteiger partial charge in [-0.1, -0.05) is 12.2 Å². The van der Waals surface area contributed by atoms with Gasteiger partial charge in [0.1, 0.15) is 12.2 Å². The summed E-state index contributed by atoms with van der Waals surface area (Å²) < 4.78 is 29.8. The van der Waals surface area contributed by atoms with E-state index < -0.39 is 29.2 Å². The van der Waals surface area contributed by atoms with Crippen molar-refractivity contribution < 1.29 is 22.8 Å². The maximum absolute atomic E-state index is 10.8. The standard InChI is InChI=1S/C11H20O5S/c1-7(2)8-5-6-11(3,15-4)10(12)9(8)16-17(13)14/h8-10,12H,1,5-6H2,2-4H3,(H,13,14). The lowest BCUT2D eigenvalue weighted by atomic mass is 9.73. The Morgan fingerprint density at radius 1 is 1.59 bits per heavy atom. The highest BCUT2D eigenvalue weighted by atomic mass is 32.2. The highest BCUT2D eigenvalue weighted by molar-refractivity contribution is 7.74. The van der Waals surface area contributed by atoms with Gasteiger partial charge in [-0.05, 0) is 26.7 Å². The fraction of sp³-hybridized carbons (Fsp3) is 0.818. The molecule has 0 amide bonds. The van der Waals surface area contributed by atoms with Crippen LogP contribution in [0, 0.1) is 5.92 Å². The lowest BCUT2D eigenvalue weighted by Crippen LogP contribution is -2.56.